The second kappa shape index (κ2) is 2.72. The lowest BCUT2D eigenvalue weighted by molar-refractivity contribution is 1.23. The molecule has 1 aliphatic carbocycles. The van der Waals surface area contributed by atoms with E-state index in [1.807, 2.05) is 0 Å². The zero-order valence-electron chi connectivity index (χ0n) is 5.85. The van der Waals surface area contributed by atoms with E-state index in [0.717, 1.165) is 12.7 Å². The SMILES string of the molecule is BCC1=CCC(=C)C=C1. The van der Waals surface area contributed by atoms with Crippen molar-refractivity contribution in [1.29, 1.82) is 0 Å². The lowest BCUT2D eigenvalue weighted by Crippen LogP contribution is -1.85. The topological polar surface area (TPSA) is 0 Å². The summed E-state index contributed by atoms with van der Waals surface area (Å²) in [4.78, 5) is 0. The predicted molar refractivity (Wildman–Crippen MR) is 44.3 cm³/mol. The minimum atomic E-state index is 1.04. The van der Waals surface area contributed by atoms with Crippen LogP contribution in [0.1, 0.15) is 6.42 Å². The van der Waals surface area contributed by atoms with E-state index < -0.39 is 0 Å². The van der Waals surface area contributed by atoms with Gasteiger partial charge in [-0.3, -0.25) is 0 Å². The standard InChI is InChI=1S/C8H11B/c1-7-2-4-8(6-9)5-3-7/h2,4-5H,1,3,6,9H2. The molecule has 0 heterocycles. The summed E-state index contributed by atoms with van der Waals surface area (Å²) in [5.41, 5.74) is 2.65. The van der Waals surface area contributed by atoms with Gasteiger partial charge in [0, 0.05) is 0 Å². The normalized spacial score (nSPS) is 17.8. The zero-order valence-corrected chi connectivity index (χ0v) is 5.85. The van der Waals surface area contributed by atoms with Crippen LogP contribution in [0.5, 0.6) is 0 Å². The second-order valence-corrected chi connectivity index (χ2v) is 2.33. The molecule has 0 amide bonds. The van der Waals surface area contributed by atoms with E-state index in [1.54, 1.807) is 0 Å². The molecule has 0 aliphatic heterocycles. The van der Waals surface area contributed by atoms with Crippen LogP contribution in [0.4, 0.5) is 0 Å². The van der Waals surface area contributed by atoms with Crippen molar-refractivity contribution in [3.63, 3.8) is 0 Å². The molecule has 0 aromatic rings. The van der Waals surface area contributed by atoms with Crippen LogP contribution in [0, 0.1) is 0 Å². The molecule has 1 aliphatic rings. The van der Waals surface area contributed by atoms with Crippen molar-refractivity contribution in [3.8, 4) is 0 Å². The van der Waals surface area contributed by atoms with Crippen LogP contribution < -0.4 is 0 Å². The van der Waals surface area contributed by atoms with Gasteiger partial charge in [-0.05, 0) is 6.42 Å². The first-order chi connectivity index (χ1) is 4.33. The summed E-state index contributed by atoms with van der Waals surface area (Å²) in [5.74, 6) is 0. The summed E-state index contributed by atoms with van der Waals surface area (Å²) in [6.07, 6.45) is 8.66. The first-order valence-electron chi connectivity index (χ1n) is 3.38. The molecule has 1 heteroatoms. The highest BCUT2D eigenvalue weighted by Crippen LogP contribution is 2.14. The highest BCUT2D eigenvalue weighted by Gasteiger charge is 1.94. The highest BCUT2D eigenvalue weighted by molar-refractivity contribution is 6.10. The Morgan fingerprint density at radius 1 is 1.56 bits per heavy atom. The Labute approximate surface area is 57.4 Å². The molecule has 0 N–H and O–H groups in total. The van der Waals surface area contributed by atoms with Crippen LogP contribution in [-0.2, 0) is 0 Å². The summed E-state index contributed by atoms with van der Waals surface area (Å²) >= 11 is 0. The van der Waals surface area contributed by atoms with E-state index in [-0.39, 0.29) is 0 Å². The number of rotatable bonds is 1. The van der Waals surface area contributed by atoms with Crippen molar-refractivity contribution in [1.82, 2.24) is 0 Å². The van der Waals surface area contributed by atoms with Gasteiger partial charge in [0.15, 0.2) is 0 Å². The average molecular weight is 118 g/mol. The third kappa shape index (κ3) is 1.60. The Balaban J connectivity index is 2.63. The van der Waals surface area contributed by atoms with Gasteiger partial charge in [-0.1, -0.05) is 42.3 Å². The fourth-order valence-corrected chi connectivity index (χ4v) is 0.885. The third-order valence-electron chi connectivity index (χ3n) is 1.57. The predicted octanol–water partition coefficient (Wildman–Crippen LogP) is 1.48. The molecule has 0 saturated carbocycles. The van der Waals surface area contributed by atoms with Gasteiger partial charge < -0.3 is 0 Å². The van der Waals surface area contributed by atoms with Gasteiger partial charge >= 0.3 is 0 Å². The number of hydrogen-bond donors (Lipinski definition) is 0. The minimum Gasteiger partial charge on any atom is -0.0955 e. The molecule has 1 rings (SSSR count). The Morgan fingerprint density at radius 3 is 2.78 bits per heavy atom. The van der Waals surface area contributed by atoms with Gasteiger partial charge in [-0.2, -0.15) is 0 Å². The number of hydrogen-bond acceptors (Lipinski definition) is 0. The van der Waals surface area contributed by atoms with E-state index in [2.05, 4.69) is 32.7 Å². The Kier molecular flexibility index (Phi) is 1.94. The van der Waals surface area contributed by atoms with Crippen LogP contribution in [0.2, 0.25) is 6.32 Å². The van der Waals surface area contributed by atoms with Crippen LogP contribution in [-0.4, -0.2) is 7.85 Å². The van der Waals surface area contributed by atoms with E-state index in [1.165, 1.54) is 11.1 Å². The lowest BCUT2D eigenvalue weighted by atomic mass is 9.92. The van der Waals surface area contributed by atoms with Crippen LogP contribution in [0.3, 0.4) is 0 Å². The van der Waals surface area contributed by atoms with Crippen molar-refractivity contribution < 1.29 is 0 Å². The van der Waals surface area contributed by atoms with Crippen molar-refractivity contribution in [3.05, 3.63) is 36.0 Å². The van der Waals surface area contributed by atoms with Gasteiger partial charge in [0.25, 0.3) is 0 Å². The Bertz CT molecular complexity index is 175. The van der Waals surface area contributed by atoms with Gasteiger partial charge in [-0.15, -0.1) is 0 Å². The molecule has 0 atom stereocenters. The first-order valence-corrected chi connectivity index (χ1v) is 3.38. The lowest BCUT2D eigenvalue weighted by Gasteiger charge is -2.04. The second-order valence-electron chi connectivity index (χ2n) is 2.33. The summed E-state index contributed by atoms with van der Waals surface area (Å²) in [5, 5.41) is 0. The monoisotopic (exact) mass is 118 g/mol. The molecular weight excluding hydrogens is 107 g/mol. The average Bonchev–Trinajstić information content (AvgIpc) is 1.90. The van der Waals surface area contributed by atoms with Gasteiger partial charge in [0.05, 0.1) is 0 Å². The van der Waals surface area contributed by atoms with Gasteiger partial charge in [0.1, 0.15) is 7.85 Å². The first kappa shape index (κ1) is 6.41. The van der Waals surface area contributed by atoms with Crippen molar-refractivity contribution >= 4 is 7.85 Å². The summed E-state index contributed by atoms with van der Waals surface area (Å²) in [7, 11) is 2.17. The van der Waals surface area contributed by atoms with E-state index in [0.29, 0.717) is 0 Å². The third-order valence-corrected chi connectivity index (χ3v) is 1.57. The fraction of sp³-hybridized carbons (Fsp3) is 0.250. The zero-order chi connectivity index (χ0) is 6.69. The molecule has 0 unspecified atom stereocenters. The molecule has 0 radical (unpaired) electrons. The van der Waals surface area contributed by atoms with Crippen molar-refractivity contribution in [2.45, 2.75) is 12.7 Å². The van der Waals surface area contributed by atoms with E-state index in [9.17, 15) is 0 Å². The summed E-state index contributed by atoms with van der Waals surface area (Å²) in [6.45, 7) is 3.85. The van der Waals surface area contributed by atoms with Gasteiger partial charge in [0.2, 0.25) is 0 Å². The van der Waals surface area contributed by atoms with Crippen molar-refractivity contribution in [2.24, 2.45) is 0 Å². The minimum absolute atomic E-state index is 1.04. The largest absolute Gasteiger partial charge is 0.106 e. The van der Waals surface area contributed by atoms with Crippen LogP contribution >= 0.6 is 0 Å². The van der Waals surface area contributed by atoms with Crippen LogP contribution in [0.25, 0.3) is 0 Å². The highest BCUT2D eigenvalue weighted by atomic mass is 14.0. The Morgan fingerprint density at radius 2 is 2.33 bits per heavy atom. The molecule has 0 spiro atoms. The molecule has 46 valence electrons. The molecule has 0 aromatic carbocycles. The molecule has 0 fully saturated rings. The smallest absolute Gasteiger partial charge is 0.0955 e. The van der Waals surface area contributed by atoms with E-state index in [4.69, 9.17) is 0 Å². The maximum absolute atomic E-state index is 3.85. The van der Waals surface area contributed by atoms with Crippen LogP contribution in [0.15, 0.2) is 36.0 Å². The molecular formula is C8H11B. The summed E-state index contributed by atoms with van der Waals surface area (Å²) < 4.78 is 0. The van der Waals surface area contributed by atoms with E-state index >= 15 is 0 Å². The molecule has 0 aromatic heterocycles. The number of allylic oxidation sites excluding steroid dienone is 5. The quantitative estimate of drug-likeness (QED) is 0.457. The molecule has 0 saturated heterocycles. The maximum atomic E-state index is 3.85. The molecule has 9 heavy (non-hydrogen) atoms. The summed E-state index contributed by atoms with van der Waals surface area (Å²) in [6, 6.07) is 0. The Hall–Kier alpha value is -0.715. The van der Waals surface area contributed by atoms with Crippen molar-refractivity contribution in [2.75, 3.05) is 0 Å². The maximum Gasteiger partial charge on any atom is 0.106 e. The fourth-order valence-electron chi connectivity index (χ4n) is 0.885. The van der Waals surface area contributed by atoms with Gasteiger partial charge in [-0.25, -0.2) is 0 Å². The molecule has 0 nitrogen and oxygen atoms in total. The molecule has 0 bridgehead atoms.